The van der Waals surface area contributed by atoms with Crippen molar-refractivity contribution in [2.75, 3.05) is 0 Å². The van der Waals surface area contributed by atoms with E-state index in [-0.39, 0.29) is 24.0 Å². The Hall–Kier alpha value is 1.53. The van der Waals surface area contributed by atoms with Crippen molar-refractivity contribution in [3.05, 3.63) is 0 Å². The molecule has 0 nitrogen and oxygen atoms in total. The monoisotopic (exact) mass is 434 g/mol. The molecular weight excluding hydrogens is 402 g/mol. The third-order valence-electron chi connectivity index (χ3n) is 3.40. The molecule has 0 aliphatic carbocycles. The van der Waals surface area contributed by atoms with Gasteiger partial charge in [0.25, 0.3) is 0 Å². The van der Waals surface area contributed by atoms with E-state index in [0.717, 1.165) is 0 Å². The molecular formula is C13H31ISn. The van der Waals surface area contributed by atoms with Crippen molar-refractivity contribution in [1.82, 2.24) is 0 Å². The molecule has 0 amide bonds. The Morgan fingerprint density at radius 1 is 0.667 bits per heavy atom. The van der Waals surface area contributed by atoms with Crippen LogP contribution < -0.4 is 0 Å². The van der Waals surface area contributed by atoms with E-state index < -0.39 is 18.4 Å². The van der Waals surface area contributed by atoms with Crippen LogP contribution in [0, 0.1) is 0 Å². The van der Waals surface area contributed by atoms with Crippen LogP contribution in [0.25, 0.3) is 0 Å². The predicted molar refractivity (Wildman–Crippen MR) is 86.2 cm³/mol. The van der Waals surface area contributed by atoms with Gasteiger partial charge in [0.1, 0.15) is 0 Å². The summed E-state index contributed by atoms with van der Waals surface area (Å²) in [6.07, 6.45) is 8.76. The van der Waals surface area contributed by atoms with Gasteiger partial charge in [-0.05, 0) is 0 Å². The van der Waals surface area contributed by atoms with Gasteiger partial charge < -0.3 is 0 Å². The van der Waals surface area contributed by atoms with E-state index >= 15 is 0 Å². The van der Waals surface area contributed by atoms with Gasteiger partial charge in [0, 0.05) is 0 Å². The van der Waals surface area contributed by atoms with Crippen LogP contribution in [0.2, 0.25) is 18.2 Å². The minimum Gasteiger partial charge on any atom is -0.107 e. The Morgan fingerprint density at radius 2 is 0.933 bits per heavy atom. The second kappa shape index (κ2) is 12.0. The summed E-state index contributed by atoms with van der Waals surface area (Å²) in [6.45, 7) is 7.02. The zero-order valence-corrected chi connectivity index (χ0v) is 16.5. The van der Waals surface area contributed by atoms with Gasteiger partial charge in [-0.1, -0.05) is 0 Å². The Morgan fingerprint density at radius 3 is 1.13 bits per heavy atom. The topological polar surface area (TPSA) is 0 Å². The van der Waals surface area contributed by atoms with Gasteiger partial charge in [0.05, 0.1) is 0 Å². The van der Waals surface area contributed by atoms with E-state index in [1.165, 1.54) is 38.5 Å². The molecule has 0 aliphatic heterocycles. The number of halogens is 1. The van der Waals surface area contributed by atoms with Crippen LogP contribution in [-0.2, 0) is 0 Å². The molecule has 0 unspecified atom stereocenters. The summed E-state index contributed by atoms with van der Waals surface area (Å²) < 4.78 is 4.97. The third-order valence-corrected chi connectivity index (χ3v) is 16.8. The zero-order chi connectivity index (χ0) is 10.9. The Balaban J connectivity index is 0. The molecule has 2 heteroatoms. The molecule has 0 fully saturated rings. The first-order valence-corrected chi connectivity index (χ1v) is 15.6. The molecule has 0 aromatic heterocycles. The summed E-state index contributed by atoms with van der Waals surface area (Å²) in [5.74, 6) is 0. The zero-order valence-electron chi connectivity index (χ0n) is 11.3. The molecule has 94 valence electrons. The minimum atomic E-state index is -1.56. The molecule has 15 heavy (non-hydrogen) atoms. The minimum absolute atomic E-state index is 0. The number of rotatable bonds is 9. The summed E-state index contributed by atoms with van der Waals surface area (Å²) >= 11 is -1.56. The average molecular weight is 433 g/mol. The van der Waals surface area contributed by atoms with E-state index in [4.69, 9.17) is 0 Å². The molecule has 0 aromatic rings. The molecule has 0 saturated carbocycles. The SMILES string of the molecule is CCC[CH2][Sn]([CH3])([CH2]CCC)[CH2]CCC.I. The standard InChI is InChI=1S/3C4H9.CH3.HI.Sn/c3*1-3-4-2;;;/h3*1,3-4H2,2H3;1H3;1H;. The van der Waals surface area contributed by atoms with Gasteiger partial charge in [0.2, 0.25) is 0 Å². The molecule has 0 aromatic carbocycles. The van der Waals surface area contributed by atoms with Crippen LogP contribution in [-0.4, -0.2) is 18.4 Å². The van der Waals surface area contributed by atoms with E-state index in [1.807, 2.05) is 0 Å². The summed E-state index contributed by atoms with van der Waals surface area (Å²) in [5.41, 5.74) is 0. The summed E-state index contributed by atoms with van der Waals surface area (Å²) in [7, 11) is 0. The van der Waals surface area contributed by atoms with Gasteiger partial charge in [-0.2, -0.15) is 0 Å². The first-order valence-electron chi connectivity index (χ1n) is 6.68. The van der Waals surface area contributed by atoms with Crippen molar-refractivity contribution in [3.8, 4) is 0 Å². The normalized spacial score (nSPS) is 11.2. The van der Waals surface area contributed by atoms with Gasteiger partial charge in [-0.25, -0.2) is 0 Å². The average Bonchev–Trinajstić information content (AvgIpc) is 2.21. The van der Waals surface area contributed by atoms with E-state index in [1.54, 1.807) is 13.3 Å². The number of hydrogen-bond acceptors (Lipinski definition) is 0. The summed E-state index contributed by atoms with van der Waals surface area (Å²) in [5, 5.41) is 0. The fourth-order valence-electron chi connectivity index (χ4n) is 2.19. The second-order valence-electron chi connectivity index (χ2n) is 5.12. The molecule has 0 aliphatic rings. The van der Waals surface area contributed by atoms with Crippen molar-refractivity contribution >= 4 is 42.4 Å². The first kappa shape index (κ1) is 18.9. The van der Waals surface area contributed by atoms with Crippen LogP contribution in [0.3, 0.4) is 0 Å². The summed E-state index contributed by atoms with van der Waals surface area (Å²) in [6, 6.07) is 0. The molecule has 0 spiro atoms. The molecule has 0 N–H and O–H groups in total. The Labute approximate surface area is 119 Å². The van der Waals surface area contributed by atoms with Crippen molar-refractivity contribution in [1.29, 1.82) is 0 Å². The maximum Gasteiger partial charge on any atom is -0.107 e. The van der Waals surface area contributed by atoms with Gasteiger partial charge in [0.15, 0.2) is 0 Å². The first-order chi connectivity index (χ1) is 6.68. The molecule has 0 heterocycles. The van der Waals surface area contributed by atoms with E-state index in [0.29, 0.717) is 0 Å². The third kappa shape index (κ3) is 10.4. The van der Waals surface area contributed by atoms with Crippen LogP contribution in [0.1, 0.15) is 59.3 Å². The largest absolute Gasteiger partial charge is 0.107 e. The van der Waals surface area contributed by atoms with Crippen LogP contribution >= 0.6 is 24.0 Å². The van der Waals surface area contributed by atoms with Gasteiger partial charge in [-0.3, -0.25) is 0 Å². The van der Waals surface area contributed by atoms with Crippen LogP contribution in [0.4, 0.5) is 0 Å². The summed E-state index contributed by atoms with van der Waals surface area (Å²) in [4.78, 5) is 2.72. The fourth-order valence-corrected chi connectivity index (χ4v) is 14.7. The van der Waals surface area contributed by atoms with E-state index in [9.17, 15) is 0 Å². The number of hydrogen-bond donors (Lipinski definition) is 0. The molecule has 0 atom stereocenters. The Bertz CT molecular complexity index is 104. The molecule has 0 radical (unpaired) electrons. The molecule has 0 bridgehead atoms. The maximum atomic E-state index is 2.72. The maximum absolute atomic E-state index is 2.72. The van der Waals surface area contributed by atoms with Crippen LogP contribution in [0.5, 0.6) is 0 Å². The quantitative estimate of drug-likeness (QED) is 0.306. The van der Waals surface area contributed by atoms with Gasteiger partial charge >= 0.3 is 95.9 Å². The second-order valence-corrected chi connectivity index (χ2v) is 19.7. The van der Waals surface area contributed by atoms with Gasteiger partial charge in [-0.15, -0.1) is 24.0 Å². The van der Waals surface area contributed by atoms with Crippen molar-refractivity contribution in [2.45, 2.75) is 77.5 Å². The van der Waals surface area contributed by atoms with Crippen LogP contribution in [0.15, 0.2) is 0 Å². The number of unbranched alkanes of at least 4 members (excludes halogenated alkanes) is 3. The predicted octanol–water partition coefficient (Wildman–Crippen LogP) is 6.08. The molecule has 0 saturated heterocycles. The Kier molecular flexibility index (Phi) is 15.1. The van der Waals surface area contributed by atoms with Crippen molar-refractivity contribution in [2.24, 2.45) is 0 Å². The molecule has 0 rings (SSSR count). The smallest absolute Gasteiger partial charge is 0.107 e. The van der Waals surface area contributed by atoms with E-state index in [2.05, 4.69) is 25.7 Å². The fraction of sp³-hybridized carbons (Fsp3) is 1.00. The van der Waals surface area contributed by atoms with Crippen molar-refractivity contribution < 1.29 is 0 Å². The van der Waals surface area contributed by atoms with Crippen molar-refractivity contribution in [3.63, 3.8) is 0 Å².